The van der Waals surface area contributed by atoms with Crippen molar-refractivity contribution in [3.05, 3.63) is 29.6 Å². The summed E-state index contributed by atoms with van der Waals surface area (Å²) in [7, 11) is 0. The maximum atomic E-state index is 4.41. The number of pyridine rings is 1. The Balaban J connectivity index is 0.000000461. The largest absolute Gasteiger partial charge is 0.261 e. The molecule has 78 valence electrons. The highest BCUT2D eigenvalue weighted by molar-refractivity contribution is 5.20. The van der Waals surface area contributed by atoms with Crippen molar-refractivity contribution in [1.82, 2.24) is 4.98 Å². The maximum Gasteiger partial charge on any atom is 0.0437 e. The number of nitrogens with zero attached hydrogens (tertiary/aromatic N) is 1. The summed E-state index contributed by atoms with van der Waals surface area (Å²) < 4.78 is 0. The zero-order valence-corrected chi connectivity index (χ0v) is 9.59. The summed E-state index contributed by atoms with van der Waals surface area (Å²) in [6.45, 7) is 6.19. The third kappa shape index (κ3) is 2.57. The van der Waals surface area contributed by atoms with Gasteiger partial charge in [0.05, 0.1) is 0 Å². The molecule has 1 nitrogen and oxygen atoms in total. The molecule has 1 heteroatoms. The van der Waals surface area contributed by atoms with E-state index < -0.39 is 0 Å². The first-order valence-corrected chi connectivity index (χ1v) is 5.85. The molecule has 0 amide bonds. The first-order chi connectivity index (χ1) is 6.90. The molecule has 0 aliphatic heterocycles. The third-order valence-electron chi connectivity index (χ3n) is 2.78. The monoisotopic (exact) mass is 191 g/mol. The Labute approximate surface area is 87.6 Å². The normalized spacial score (nSPS) is 15.4. The number of aromatic nitrogens is 1. The van der Waals surface area contributed by atoms with Crippen LogP contribution in [0.5, 0.6) is 0 Å². The Hall–Kier alpha value is -0.850. The summed E-state index contributed by atoms with van der Waals surface area (Å²) in [6.07, 6.45) is 7.16. The molecule has 0 spiro atoms. The first kappa shape index (κ1) is 11.2. The van der Waals surface area contributed by atoms with Gasteiger partial charge in [-0.15, -0.1) is 0 Å². The van der Waals surface area contributed by atoms with Crippen LogP contribution in [0.3, 0.4) is 0 Å². The van der Waals surface area contributed by atoms with Crippen molar-refractivity contribution in [2.45, 2.75) is 52.4 Å². The van der Waals surface area contributed by atoms with Gasteiger partial charge < -0.3 is 0 Å². The van der Waals surface area contributed by atoms with Gasteiger partial charge in [0.15, 0.2) is 0 Å². The third-order valence-corrected chi connectivity index (χ3v) is 2.78. The Morgan fingerprint density at radius 1 is 1.36 bits per heavy atom. The van der Waals surface area contributed by atoms with E-state index in [1.165, 1.54) is 30.5 Å². The molecule has 1 aromatic heterocycles. The van der Waals surface area contributed by atoms with E-state index >= 15 is 0 Å². The second kappa shape index (κ2) is 5.79. The van der Waals surface area contributed by atoms with E-state index in [-0.39, 0.29) is 0 Å². The lowest BCUT2D eigenvalue weighted by Crippen LogP contribution is -2.10. The molecule has 0 saturated heterocycles. The van der Waals surface area contributed by atoms with Crippen molar-refractivity contribution in [2.24, 2.45) is 0 Å². The van der Waals surface area contributed by atoms with Crippen LogP contribution in [0.2, 0.25) is 0 Å². The van der Waals surface area contributed by atoms with Gasteiger partial charge in [-0.05, 0) is 37.0 Å². The average Bonchev–Trinajstić information content (AvgIpc) is 2.19. The molecule has 2 rings (SSSR count). The fourth-order valence-electron chi connectivity index (χ4n) is 1.64. The molecule has 0 aromatic carbocycles. The summed E-state index contributed by atoms with van der Waals surface area (Å²) in [5.74, 6) is 0.775. The summed E-state index contributed by atoms with van der Waals surface area (Å²) >= 11 is 0. The molecular weight excluding hydrogens is 170 g/mol. The van der Waals surface area contributed by atoms with Crippen LogP contribution in [0.1, 0.15) is 57.2 Å². The van der Waals surface area contributed by atoms with E-state index in [9.17, 15) is 0 Å². The summed E-state index contributed by atoms with van der Waals surface area (Å²) in [4.78, 5) is 4.41. The minimum atomic E-state index is 0.775. The Morgan fingerprint density at radius 2 is 2.07 bits per heavy atom. The molecule has 0 unspecified atom stereocenters. The Bertz CT molecular complexity index is 264. The smallest absolute Gasteiger partial charge is 0.0437 e. The van der Waals surface area contributed by atoms with Gasteiger partial charge in [-0.25, -0.2) is 0 Å². The number of hydrogen-bond acceptors (Lipinski definition) is 1. The molecule has 1 saturated carbocycles. The summed E-state index contributed by atoms with van der Waals surface area (Å²) in [5, 5.41) is 0. The van der Waals surface area contributed by atoms with Crippen molar-refractivity contribution < 1.29 is 0 Å². The van der Waals surface area contributed by atoms with Gasteiger partial charge in [0.1, 0.15) is 0 Å². The lowest BCUT2D eigenvalue weighted by molar-refractivity contribution is 0.411. The van der Waals surface area contributed by atoms with Crippen molar-refractivity contribution in [3.8, 4) is 0 Å². The van der Waals surface area contributed by atoms with E-state index in [4.69, 9.17) is 0 Å². The van der Waals surface area contributed by atoms with Crippen LogP contribution >= 0.6 is 0 Å². The lowest BCUT2D eigenvalue weighted by atomic mass is 9.82. The molecule has 0 radical (unpaired) electrons. The maximum absolute atomic E-state index is 4.41. The van der Waals surface area contributed by atoms with Crippen LogP contribution in [0.25, 0.3) is 0 Å². The SMILES string of the molecule is CC.CCc1ccnc(C2CCC2)c1. The van der Waals surface area contributed by atoms with Crippen LogP contribution < -0.4 is 0 Å². The van der Waals surface area contributed by atoms with Gasteiger partial charge in [0, 0.05) is 17.8 Å². The van der Waals surface area contributed by atoms with Crippen molar-refractivity contribution >= 4 is 0 Å². The van der Waals surface area contributed by atoms with Gasteiger partial charge in [0.2, 0.25) is 0 Å². The van der Waals surface area contributed by atoms with Gasteiger partial charge in [-0.3, -0.25) is 4.98 Å². The van der Waals surface area contributed by atoms with Gasteiger partial charge >= 0.3 is 0 Å². The molecule has 0 N–H and O–H groups in total. The molecule has 1 heterocycles. The number of aryl methyl sites for hydroxylation is 1. The number of rotatable bonds is 2. The lowest BCUT2D eigenvalue weighted by Gasteiger charge is -2.24. The molecular formula is C13H21N. The van der Waals surface area contributed by atoms with E-state index in [1.807, 2.05) is 20.0 Å². The fraction of sp³-hybridized carbons (Fsp3) is 0.615. The van der Waals surface area contributed by atoms with Crippen LogP contribution in [-0.2, 0) is 6.42 Å². The second-order valence-electron chi connectivity index (χ2n) is 3.57. The van der Waals surface area contributed by atoms with E-state index in [2.05, 4.69) is 24.0 Å². The second-order valence-corrected chi connectivity index (χ2v) is 3.57. The zero-order valence-electron chi connectivity index (χ0n) is 9.59. The molecule has 1 aliphatic carbocycles. The molecule has 1 aromatic rings. The average molecular weight is 191 g/mol. The van der Waals surface area contributed by atoms with Gasteiger partial charge in [-0.2, -0.15) is 0 Å². The predicted molar refractivity (Wildman–Crippen MR) is 61.6 cm³/mol. The Morgan fingerprint density at radius 3 is 2.57 bits per heavy atom. The van der Waals surface area contributed by atoms with Crippen LogP contribution in [0.4, 0.5) is 0 Å². The Kier molecular flexibility index (Phi) is 4.64. The molecule has 14 heavy (non-hydrogen) atoms. The molecule has 1 fully saturated rings. The van der Waals surface area contributed by atoms with Crippen molar-refractivity contribution in [3.63, 3.8) is 0 Å². The predicted octanol–water partition coefficient (Wildman–Crippen LogP) is 3.94. The minimum Gasteiger partial charge on any atom is -0.261 e. The van der Waals surface area contributed by atoms with Crippen molar-refractivity contribution in [1.29, 1.82) is 0 Å². The summed E-state index contributed by atoms with van der Waals surface area (Å²) in [5.41, 5.74) is 2.74. The minimum absolute atomic E-state index is 0.775. The first-order valence-electron chi connectivity index (χ1n) is 5.85. The van der Waals surface area contributed by atoms with Crippen LogP contribution in [0, 0.1) is 0 Å². The van der Waals surface area contributed by atoms with E-state index in [0.29, 0.717) is 0 Å². The van der Waals surface area contributed by atoms with Crippen LogP contribution in [-0.4, -0.2) is 4.98 Å². The van der Waals surface area contributed by atoms with Gasteiger partial charge in [0.25, 0.3) is 0 Å². The number of hydrogen-bond donors (Lipinski definition) is 0. The molecule has 0 bridgehead atoms. The summed E-state index contributed by atoms with van der Waals surface area (Å²) in [6, 6.07) is 4.38. The highest BCUT2D eigenvalue weighted by Gasteiger charge is 2.20. The fourth-order valence-corrected chi connectivity index (χ4v) is 1.64. The zero-order chi connectivity index (χ0) is 10.4. The standard InChI is InChI=1S/C11H15N.C2H6/c1-2-9-6-7-12-11(8-9)10-4-3-5-10;1-2/h6-8,10H,2-5H2,1H3;1-2H3. The van der Waals surface area contributed by atoms with Crippen LogP contribution in [0.15, 0.2) is 18.3 Å². The van der Waals surface area contributed by atoms with E-state index in [0.717, 1.165) is 12.3 Å². The highest BCUT2D eigenvalue weighted by Crippen LogP contribution is 2.35. The van der Waals surface area contributed by atoms with Crippen molar-refractivity contribution in [2.75, 3.05) is 0 Å². The highest BCUT2D eigenvalue weighted by atomic mass is 14.7. The molecule has 0 atom stereocenters. The van der Waals surface area contributed by atoms with E-state index in [1.54, 1.807) is 0 Å². The topological polar surface area (TPSA) is 12.9 Å². The molecule has 1 aliphatic rings. The quantitative estimate of drug-likeness (QED) is 0.690. The van der Waals surface area contributed by atoms with Gasteiger partial charge in [-0.1, -0.05) is 27.2 Å².